The fourth-order valence-electron chi connectivity index (χ4n) is 3.20. The van der Waals surface area contributed by atoms with E-state index in [0.29, 0.717) is 46.5 Å². The van der Waals surface area contributed by atoms with Crippen LogP contribution in [0.5, 0.6) is 28.7 Å². The van der Waals surface area contributed by atoms with Gasteiger partial charge in [-0.3, -0.25) is 4.79 Å². The quantitative estimate of drug-likeness (QED) is 0.474. The third-order valence-corrected chi connectivity index (χ3v) is 4.67. The van der Waals surface area contributed by atoms with Gasteiger partial charge in [0.15, 0.2) is 17.3 Å². The van der Waals surface area contributed by atoms with Crippen LogP contribution in [0.4, 0.5) is 0 Å². The number of hydrogen-bond acceptors (Lipinski definition) is 6. The third kappa shape index (κ3) is 4.27. The van der Waals surface area contributed by atoms with E-state index in [1.54, 1.807) is 45.6 Å². The summed E-state index contributed by atoms with van der Waals surface area (Å²) in [6, 6.07) is 7.11. The number of Topliss-reactive ketones (excluding diaryl/α,β-unsaturated/α-hetero) is 1. The van der Waals surface area contributed by atoms with E-state index in [9.17, 15) is 4.79 Å². The lowest BCUT2D eigenvalue weighted by molar-refractivity contribution is 0.101. The standard InChI is InChI=1S/C24H26O6/c1-14(2)7-8-29-17-9-15(3)22-18(13-17)30-19(23(22)25)10-16-11-20(26-4)24(28-6)21(12-16)27-5/h7,9-13H,8H2,1-6H3/b19-10-. The molecule has 0 radical (unpaired) electrons. The molecule has 0 amide bonds. The molecule has 30 heavy (non-hydrogen) atoms. The fraction of sp³-hybridized carbons (Fsp3) is 0.292. The second kappa shape index (κ2) is 8.95. The van der Waals surface area contributed by atoms with Crippen molar-refractivity contribution in [2.45, 2.75) is 20.8 Å². The van der Waals surface area contributed by atoms with Crippen molar-refractivity contribution in [2.75, 3.05) is 27.9 Å². The molecule has 3 rings (SSSR count). The van der Waals surface area contributed by atoms with Crippen molar-refractivity contribution >= 4 is 11.9 Å². The molecule has 0 unspecified atom stereocenters. The Kier molecular flexibility index (Phi) is 6.35. The van der Waals surface area contributed by atoms with Gasteiger partial charge in [-0.2, -0.15) is 0 Å². The Labute approximate surface area is 176 Å². The molecule has 6 heteroatoms. The summed E-state index contributed by atoms with van der Waals surface area (Å²) in [5, 5.41) is 0. The molecule has 0 spiro atoms. The topological polar surface area (TPSA) is 63.2 Å². The largest absolute Gasteiger partial charge is 0.493 e. The van der Waals surface area contributed by atoms with Crippen molar-refractivity contribution in [3.63, 3.8) is 0 Å². The van der Waals surface area contributed by atoms with Crippen molar-refractivity contribution in [2.24, 2.45) is 0 Å². The van der Waals surface area contributed by atoms with Gasteiger partial charge in [0.1, 0.15) is 18.1 Å². The van der Waals surface area contributed by atoms with E-state index in [1.165, 1.54) is 5.57 Å². The molecule has 2 aromatic rings. The first-order chi connectivity index (χ1) is 14.4. The lowest BCUT2D eigenvalue weighted by Gasteiger charge is -2.13. The Morgan fingerprint density at radius 1 is 1.00 bits per heavy atom. The number of carbonyl (C=O) groups excluding carboxylic acids is 1. The number of methoxy groups -OCH3 is 3. The number of benzene rings is 2. The zero-order valence-electron chi connectivity index (χ0n) is 18.1. The van der Waals surface area contributed by atoms with Gasteiger partial charge >= 0.3 is 0 Å². The van der Waals surface area contributed by atoms with Crippen molar-refractivity contribution < 1.29 is 28.5 Å². The molecule has 0 saturated carbocycles. The first kappa shape index (κ1) is 21.3. The second-order valence-corrected chi connectivity index (χ2v) is 7.10. The zero-order chi connectivity index (χ0) is 21.8. The molecule has 0 bridgehead atoms. The minimum absolute atomic E-state index is 0.174. The van der Waals surface area contributed by atoms with Crippen LogP contribution in [0.15, 0.2) is 41.7 Å². The Balaban J connectivity index is 1.93. The zero-order valence-corrected chi connectivity index (χ0v) is 18.1. The van der Waals surface area contributed by atoms with Gasteiger partial charge in [0.05, 0.1) is 26.9 Å². The molecule has 1 aliphatic rings. The van der Waals surface area contributed by atoms with E-state index in [0.717, 1.165) is 5.56 Å². The Morgan fingerprint density at radius 3 is 2.23 bits per heavy atom. The van der Waals surface area contributed by atoms with Crippen molar-refractivity contribution in [1.29, 1.82) is 0 Å². The fourth-order valence-corrected chi connectivity index (χ4v) is 3.20. The lowest BCUT2D eigenvalue weighted by Crippen LogP contribution is -2.01. The van der Waals surface area contributed by atoms with Crippen LogP contribution in [0, 0.1) is 6.92 Å². The lowest BCUT2D eigenvalue weighted by atomic mass is 10.0. The van der Waals surface area contributed by atoms with Crippen LogP contribution in [0.3, 0.4) is 0 Å². The number of carbonyl (C=O) groups is 1. The first-order valence-corrected chi connectivity index (χ1v) is 9.53. The van der Waals surface area contributed by atoms with Crippen LogP contribution in [0.25, 0.3) is 6.08 Å². The summed E-state index contributed by atoms with van der Waals surface area (Å²) in [6.45, 7) is 6.36. The predicted octanol–water partition coefficient (Wildman–Crippen LogP) is 4.98. The number of aryl methyl sites for hydroxylation is 1. The van der Waals surface area contributed by atoms with E-state index in [2.05, 4.69) is 0 Å². The number of fused-ring (bicyclic) bond motifs is 1. The molecule has 2 aromatic carbocycles. The molecule has 6 nitrogen and oxygen atoms in total. The summed E-state index contributed by atoms with van der Waals surface area (Å²) in [5.74, 6) is 2.68. The van der Waals surface area contributed by atoms with Crippen molar-refractivity contribution in [3.05, 3.63) is 58.4 Å². The molecule has 158 valence electrons. The Bertz CT molecular complexity index is 1000. The molecule has 0 atom stereocenters. The van der Waals surface area contributed by atoms with Crippen LogP contribution >= 0.6 is 0 Å². The first-order valence-electron chi connectivity index (χ1n) is 9.53. The molecule has 1 heterocycles. The summed E-state index contributed by atoms with van der Waals surface area (Å²) in [4.78, 5) is 12.9. The van der Waals surface area contributed by atoms with E-state index in [4.69, 9.17) is 23.7 Å². The maximum Gasteiger partial charge on any atom is 0.232 e. The van der Waals surface area contributed by atoms with Crippen LogP contribution in [-0.2, 0) is 0 Å². The van der Waals surface area contributed by atoms with Crippen LogP contribution in [-0.4, -0.2) is 33.7 Å². The summed E-state index contributed by atoms with van der Waals surface area (Å²) < 4.78 is 27.7. The minimum Gasteiger partial charge on any atom is -0.493 e. The van der Waals surface area contributed by atoms with Gasteiger partial charge in [0, 0.05) is 6.07 Å². The summed E-state index contributed by atoms with van der Waals surface area (Å²) in [7, 11) is 4.63. The highest BCUT2D eigenvalue weighted by Gasteiger charge is 2.30. The summed E-state index contributed by atoms with van der Waals surface area (Å²) in [6.07, 6.45) is 3.65. The highest BCUT2D eigenvalue weighted by Crippen LogP contribution is 2.41. The van der Waals surface area contributed by atoms with E-state index in [1.807, 2.05) is 32.9 Å². The Hall–Kier alpha value is -3.41. The van der Waals surface area contributed by atoms with Crippen LogP contribution in [0.2, 0.25) is 0 Å². The van der Waals surface area contributed by atoms with Gasteiger partial charge in [-0.1, -0.05) is 5.57 Å². The highest BCUT2D eigenvalue weighted by molar-refractivity contribution is 6.15. The number of rotatable bonds is 7. The van der Waals surface area contributed by atoms with Gasteiger partial charge < -0.3 is 23.7 Å². The Morgan fingerprint density at radius 2 is 1.67 bits per heavy atom. The maximum atomic E-state index is 12.9. The molecule has 0 saturated heterocycles. The summed E-state index contributed by atoms with van der Waals surface area (Å²) >= 11 is 0. The SMILES string of the molecule is COc1cc(/C=C2\Oc3cc(OCC=C(C)C)cc(C)c3C2=O)cc(OC)c1OC. The van der Waals surface area contributed by atoms with Crippen LogP contribution in [0.1, 0.15) is 35.3 Å². The average Bonchev–Trinajstić information content (AvgIpc) is 3.02. The number of ether oxygens (including phenoxy) is 5. The number of ketones is 1. The molecule has 0 aliphatic carbocycles. The van der Waals surface area contributed by atoms with Crippen LogP contribution < -0.4 is 23.7 Å². The van der Waals surface area contributed by atoms with Crippen molar-refractivity contribution in [1.82, 2.24) is 0 Å². The molecule has 0 fully saturated rings. The number of hydrogen-bond donors (Lipinski definition) is 0. The van der Waals surface area contributed by atoms with Gasteiger partial charge in [-0.25, -0.2) is 0 Å². The second-order valence-electron chi connectivity index (χ2n) is 7.10. The van der Waals surface area contributed by atoms with Gasteiger partial charge in [0.25, 0.3) is 0 Å². The van der Waals surface area contributed by atoms with E-state index < -0.39 is 0 Å². The van der Waals surface area contributed by atoms with E-state index in [-0.39, 0.29) is 11.5 Å². The van der Waals surface area contributed by atoms with Gasteiger partial charge in [-0.05, 0) is 62.2 Å². The van der Waals surface area contributed by atoms with E-state index >= 15 is 0 Å². The highest BCUT2D eigenvalue weighted by atomic mass is 16.5. The normalized spacial score (nSPS) is 13.5. The van der Waals surface area contributed by atoms with Gasteiger partial charge in [0.2, 0.25) is 11.5 Å². The number of allylic oxidation sites excluding steroid dienone is 2. The average molecular weight is 410 g/mol. The molecular formula is C24H26O6. The predicted molar refractivity (Wildman–Crippen MR) is 115 cm³/mol. The molecule has 0 aromatic heterocycles. The maximum absolute atomic E-state index is 12.9. The molecular weight excluding hydrogens is 384 g/mol. The monoisotopic (exact) mass is 410 g/mol. The smallest absolute Gasteiger partial charge is 0.232 e. The minimum atomic E-state index is -0.174. The molecule has 1 aliphatic heterocycles. The molecule has 0 N–H and O–H groups in total. The van der Waals surface area contributed by atoms with Gasteiger partial charge in [-0.15, -0.1) is 0 Å². The van der Waals surface area contributed by atoms with Crippen molar-refractivity contribution in [3.8, 4) is 28.7 Å². The third-order valence-electron chi connectivity index (χ3n) is 4.67. The summed E-state index contributed by atoms with van der Waals surface area (Å²) in [5.41, 5.74) is 3.22.